The third kappa shape index (κ3) is 3.34. The third-order valence-corrected chi connectivity index (χ3v) is 3.57. The molecule has 0 bridgehead atoms. The zero-order valence-electron chi connectivity index (χ0n) is 12.1. The molecule has 0 amide bonds. The number of nitrogens with zero attached hydrogens (tertiary/aromatic N) is 1. The molecule has 1 heterocycles. The van der Waals surface area contributed by atoms with Crippen molar-refractivity contribution in [1.82, 2.24) is 4.90 Å². The molecule has 110 valence electrons. The SMILES string of the molecule is CN(Cc1ccc(F)cc1)Cc1cccc2c1OCCN2. The van der Waals surface area contributed by atoms with E-state index in [2.05, 4.69) is 23.3 Å². The molecule has 0 radical (unpaired) electrons. The van der Waals surface area contributed by atoms with Gasteiger partial charge in [-0.25, -0.2) is 4.39 Å². The summed E-state index contributed by atoms with van der Waals surface area (Å²) in [7, 11) is 2.05. The molecule has 0 spiro atoms. The van der Waals surface area contributed by atoms with E-state index in [9.17, 15) is 4.39 Å². The van der Waals surface area contributed by atoms with Crippen LogP contribution in [0.2, 0.25) is 0 Å². The van der Waals surface area contributed by atoms with Crippen molar-refractivity contribution in [3.63, 3.8) is 0 Å². The van der Waals surface area contributed by atoms with Crippen LogP contribution in [0, 0.1) is 5.82 Å². The van der Waals surface area contributed by atoms with Crippen LogP contribution in [0.15, 0.2) is 42.5 Å². The molecule has 3 nitrogen and oxygen atoms in total. The number of hydrogen-bond donors (Lipinski definition) is 1. The molecule has 0 fully saturated rings. The van der Waals surface area contributed by atoms with Crippen molar-refractivity contribution in [2.75, 3.05) is 25.5 Å². The molecule has 2 aromatic carbocycles. The summed E-state index contributed by atoms with van der Waals surface area (Å²) >= 11 is 0. The van der Waals surface area contributed by atoms with E-state index in [-0.39, 0.29) is 5.82 Å². The second-order valence-corrected chi connectivity index (χ2v) is 5.37. The maximum absolute atomic E-state index is 12.9. The minimum Gasteiger partial charge on any atom is -0.489 e. The van der Waals surface area contributed by atoms with Gasteiger partial charge in [-0.3, -0.25) is 4.90 Å². The lowest BCUT2D eigenvalue weighted by atomic mass is 10.1. The summed E-state index contributed by atoms with van der Waals surface area (Å²) in [5, 5.41) is 3.35. The van der Waals surface area contributed by atoms with Crippen molar-refractivity contribution in [2.24, 2.45) is 0 Å². The highest BCUT2D eigenvalue weighted by molar-refractivity contribution is 5.61. The predicted octanol–water partition coefficient (Wildman–Crippen LogP) is 3.26. The molecular weight excluding hydrogens is 267 g/mol. The van der Waals surface area contributed by atoms with Crippen LogP contribution in [-0.2, 0) is 13.1 Å². The van der Waals surface area contributed by atoms with E-state index in [1.807, 2.05) is 24.3 Å². The minimum absolute atomic E-state index is 0.196. The van der Waals surface area contributed by atoms with Crippen LogP contribution in [0.1, 0.15) is 11.1 Å². The van der Waals surface area contributed by atoms with Crippen LogP contribution in [0.4, 0.5) is 10.1 Å². The summed E-state index contributed by atoms with van der Waals surface area (Å²) in [6.45, 7) is 3.12. The molecule has 0 atom stereocenters. The van der Waals surface area contributed by atoms with E-state index in [1.165, 1.54) is 17.7 Å². The number of hydrogen-bond acceptors (Lipinski definition) is 3. The lowest BCUT2D eigenvalue weighted by Gasteiger charge is -2.24. The molecule has 0 aromatic heterocycles. The second kappa shape index (κ2) is 6.14. The molecular formula is C17H19FN2O. The first kappa shape index (κ1) is 13.9. The topological polar surface area (TPSA) is 24.5 Å². The lowest BCUT2D eigenvalue weighted by Crippen LogP contribution is -2.22. The maximum Gasteiger partial charge on any atom is 0.146 e. The first-order valence-corrected chi connectivity index (χ1v) is 7.14. The van der Waals surface area contributed by atoms with Crippen LogP contribution in [0.25, 0.3) is 0 Å². The predicted molar refractivity (Wildman–Crippen MR) is 82.0 cm³/mol. The number of para-hydroxylation sites is 1. The highest BCUT2D eigenvalue weighted by Crippen LogP contribution is 2.31. The lowest BCUT2D eigenvalue weighted by molar-refractivity contribution is 0.291. The minimum atomic E-state index is -0.196. The van der Waals surface area contributed by atoms with Gasteiger partial charge >= 0.3 is 0 Å². The first-order valence-electron chi connectivity index (χ1n) is 7.14. The Morgan fingerprint density at radius 1 is 1.14 bits per heavy atom. The van der Waals surface area contributed by atoms with Crippen LogP contribution < -0.4 is 10.1 Å². The second-order valence-electron chi connectivity index (χ2n) is 5.37. The molecule has 0 aliphatic carbocycles. The zero-order valence-corrected chi connectivity index (χ0v) is 12.1. The van der Waals surface area contributed by atoms with Crippen molar-refractivity contribution in [1.29, 1.82) is 0 Å². The summed E-state index contributed by atoms with van der Waals surface area (Å²) < 4.78 is 18.7. The van der Waals surface area contributed by atoms with Gasteiger partial charge in [0.2, 0.25) is 0 Å². The largest absolute Gasteiger partial charge is 0.489 e. The Kier molecular flexibility index (Phi) is 4.06. The molecule has 0 unspecified atom stereocenters. The van der Waals surface area contributed by atoms with E-state index >= 15 is 0 Å². The smallest absolute Gasteiger partial charge is 0.146 e. The maximum atomic E-state index is 12.9. The summed E-state index contributed by atoms with van der Waals surface area (Å²) in [6.07, 6.45) is 0. The number of anilines is 1. The van der Waals surface area contributed by atoms with Crippen LogP contribution in [0.5, 0.6) is 5.75 Å². The van der Waals surface area contributed by atoms with E-state index in [1.54, 1.807) is 0 Å². The Hall–Kier alpha value is -2.07. The summed E-state index contributed by atoms with van der Waals surface area (Å²) in [6, 6.07) is 12.8. The van der Waals surface area contributed by atoms with Gasteiger partial charge in [0.15, 0.2) is 0 Å². The van der Waals surface area contributed by atoms with Crippen LogP contribution in [0.3, 0.4) is 0 Å². The molecule has 0 saturated carbocycles. The Morgan fingerprint density at radius 2 is 1.95 bits per heavy atom. The van der Waals surface area contributed by atoms with E-state index < -0.39 is 0 Å². The molecule has 3 rings (SSSR count). The van der Waals surface area contributed by atoms with Gasteiger partial charge in [0.1, 0.15) is 18.2 Å². The van der Waals surface area contributed by atoms with E-state index in [4.69, 9.17) is 4.74 Å². The van der Waals surface area contributed by atoms with Crippen molar-refractivity contribution >= 4 is 5.69 Å². The molecule has 1 aliphatic heterocycles. The van der Waals surface area contributed by atoms with Gasteiger partial charge in [-0.2, -0.15) is 0 Å². The quantitative estimate of drug-likeness (QED) is 0.933. The van der Waals surface area contributed by atoms with E-state index in [0.29, 0.717) is 6.61 Å². The van der Waals surface area contributed by atoms with Crippen molar-refractivity contribution in [2.45, 2.75) is 13.1 Å². The first-order chi connectivity index (χ1) is 10.2. The highest BCUT2D eigenvalue weighted by Gasteiger charge is 2.14. The van der Waals surface area contributed by atoms with Crippen molar-refractivity contribution < 1.29 is 9.13 Å². The molecule has 0 saturated heterocycles. The van der Waals surface area contributed by atoms with Gasteiger partial charge in [0.25, 0.3) is 0 Å². The Bertz CT molecular complexity index is 613. The highest BCUT2D eigenvalue weighted by atomic mass is 19.1. The average molecular weight is 286 g/mol. The van der Waals surface area contributed by atoms with Crippen molar-refractivity contribution in [3.05, 3.63) is 59.4 Å². The van der Waals surface area contributed by atoms with Gasteiger partial charge in [-0.05, 0) is 30.8 Å². The monoisotopic (exact) mass is 286 g/mol. The third-order valence-electron chi connectivity index (χ3n) is 3.57. The van der Waals surface area contributed by atoms with Crippen LogP contribution >= 0.6 is 0 Å². The number of benzene rings is 2. The molecule has 1 N–H and O–H groups in total. The number of fused-ring (bicyclic) bond motifs is 1. The standard InChI is InChI=1S/C17H19FN2O/c1-20(11-13-5-7-15(18)8-6-13)12-14-3-2-4-16-17(14)21-10-9-19-16/h2-8,19H,9-12H2,1H3. The average Bonchev–Trinajstić information content (AvgIpc) is 2.50. The van der Waals surface area contributed by atoms with Crippen molar-refractivity contribution in [3.8, 4) is 5.75 Å². The van der Waals surface area contributed by atoms with Gasteiger partial charge < -0.3 is 10.1 Å². The fourth-order valence-corrected chi connectivity index (χ4v) is 2.61. The fraction of sp³-hybridized carbons (Fsp3) is 0.294. The van der Waals surface area contributed by atoms with Gasteiger partial charge in [-0.15, -0.1) is 0 Å². The molecule has 2 aromatic rings. The number of nitrogens with one attached hydrogen (secondary N) is 1. The number of halogens is 1. The summed E-state index contributed by atoms with van der Waals surface area (Å²) in [5.41, 5.74) is 3.33. The fourth-order valence-electron chi connectivity index (χ4n) is 2.61. The summed E-state index contributed by atoms with van der Waals surface area (Å²) in [4.78, 5) is 2.20. The Morgan fingerprint density at radius 3 is 2.76 bits per heavy atom. The van der Waals surface area contributed by atoms with Gasteiger partial charge in [0.05, 0.1) is 5.69 Å². The normalized spacial score (nSPS) is 13.5. The van der Waals surface area contributed by atoms with Gasteiger partial charge in [0, 0.05) is 25.2 Å². The number of ether oxygens (including phenoxy) is 1. The molecule has 1 aliphatic rings. The summed E-state index contributed by atoms with van der Waals surface area (Å²) in [5.74, 6) is 0.757. The van der Waals surface area contributed by atoms with E-state index in [0.717, 1.165) is 36.6 Å². The Balaban J connectivity index is 1.70. The molecule has 21 heavy (non-hydrogen) atoms. The zero-order chi connectivity index (χ0) is 14.7. The number of rotatable bonds is 4. The molecule has 4 heteroatoms. The van der Waals surface area contributed by atoms with Crippen LogP contribution in [-0.4, -0.2) is 25.1 Å². The Labute approximate surface area is 124 Å². The van der Waals surface area contributed by atoms with Gasteiger partial charge in [-0.1, -0.05) is 24.3 Å².